The molecular weight excluding hydrogens is 172 g/mol. The first-order valence-electron chi connectivity index (χ1n) is 6.08. The Morgan fingerprint density at radius 3 is 2.64 bits per heavy atom. The quantitative estimate of drug-likeness (QED) is 0.667. The van der Waals surface area contributed by atoms with Gasteiger partial charge in [0.25, 0.3) is 0 Å². The van der Waals surface area contributed by atoms with Gasteiger partial charge >= 0.3 is 0 Å². The lowest BCUT2D eigenvalue weighted by molar-refractivity contribution is -0.116. The summed E-state index contributed by atoms with van der Waals surface area (Å²) in [5.41, 5.74) is 1.14. The zero-order valence-corrected chi connectivity index (χ0v) is 8.93. The van der Waals surface area contributed by atoms with Crippen molar-refractivity contribution in [3.05, 3.63) is 11.6 Å². The Labute approximate surface area is 86.6 Å². The summed E-state index contributed by atoms with van der Waals surface area (Å²) in [6.07, 6.45) is 13.0. The monoisotopic (exact) mass is 192 g/mol. The molecule has 2 aliphatic carbocycles. The molecule has 2 rings (SSSR count). The number of hydrogen-bond donors (Lipinski definition) is 0. The van der Waals surface area contributed by atoms with Crippen LogP contribution in [-0.4, -0.2) is 5.78 Å². The topological polar surface area (TPSA) is 17.1 Å². The predicted molar refractivity (Wildman–Crippen MR) is 58.1 cm³/mol. The number of carbonyl (C=O) groups excluding carboxylic acids is 1. The van der Waals surface area contributed by atoms with Crippen molar-refractivity contribution in [3.8, 4) is 0 Å². The smallest absolute Gasteiger partial charge is 0.158 e. The van der Waals surface area contributed by atoms with Gasteiger partial charge in [-0.1, -0.05) is 31.8 Å². The van der Waals surface area contributed by atoms with E-state index in [1.807, 2.05) is 0 Å². The van der Waals surface area contributed by atoms with Gasteiger partial charge in [0.2, 0.25) is 0 Å². The highest BCUT2D eigenvalue weighted by atomic mass is 16.1. The Hall–Kier alpha value is -0.590. The molecule has 1 nitrogen and oxygen atoms in total. The number of carbonyl (C=O) groups is 1. The van der Waals surface area contributed by atoms with Crippen molar-refractivity contribution in [2.45, 2.75) is 57.8 Å². The highest BCUT2D eigenvalue weighted by Crippen LogP contribution is 2.30. The third-order valence-electron chi connectivity index (χ3n) is 3.60. The summed E-state index contributed by atoms with van der Waals surface area (Å²) < 4.78 is 0. The lowest BCUT2D eigenvalue weighted by atomic mass is 9.91. The Morgan fingerprint density at radius 2 is 2.00 bits per heavy atom. The highest BCUT2D eigenvalue weighted by molar-refractivity contribution is 5.95. The van der Waals surface area contributed by atoms with E-state index in [1.165, 1.54) is 38.5 Å². The van der Waals surface area contributed by atoms with Gasteiger partial charge < -0.3 is 0 Å². The summed E-state index contributed by atoms with van der Waals surface area (Å²) in [6, 6.07) is 0. The standard InChI is InChI=1S/C13H20O/c14-13(10-11-6-4-5-7-11)12-8-2-1-3-9-12/h8,11H,1-7,9-10H2. The second-order valence-corrected chi connectivity index (χ2v) is 4.75. The molecule has 0 bridgehead atoms. The Balaban J connectivity index is 1.84. The average molecular weight is 192 g/mol. The van der Waals surface area contributed by atoms with Crippen LogP contribution in [0.4, 0.5) is 0 Å². The molecular formula is C13H20O. The molecule has 0 aromatic rings. The van der Waals surface area contributed by atoms with Crippen LogP contribution in [-0.2, 0) is 4.79 Å². The van der Waals surface area contributed by atoms with Crippen LogP contribution in [0, 0.1) is 5.92 Å². The van der Waals surface area contributed by atoms with Gasteiger partial charge in [-0.15, -0.1) is 0 Å². The maximum atomic E-state index is 11.9. The largest absolute Gasteiger partial charge is 0.295 e. The van der Waals surface area contributed by atoms with Crippen molar-refractivity contribution in [3.63, 3.8) is 0 Å². The van der Waals surface area contributed by atoms with Crippen LogP contribution in [0.2, 0.25) is 0 Å². The Morgan fingerprint density at radius 1 is 1.21 bits per heavy atom. The van der Waals surface area contributed by atoms with E-state index in [9.17, 15) is 4.79 Å². The summed E-state index contributed by atoms with van der Waals surface area (Å²) in [5, 5.41) is 0. The molecule has 1 saturated carbocycles. The van der Waals surface area contributed by atoms with E-state index in [-0.39, 0.29) is 0 Å². The molecule has 0 aromatic carbocycles. The van der Waals surface area contributed by atoms with Gasteiger partial charge in [-0.05, 0) is 37.2 Å². The van der Waals surface area contributed by atoms with Crippen LogP contribution >= 0.6 is 0 Å². The summed E-state index contributed by atoms with van der Waals surface area (Å²) in [6.45, 7) is 0. The molecule has 1 heteroatoms. The normalized spacial score (nSPS) is 23.6. The average Bonchev–Trinajstić information content (AvgIpc) is 2.72. The van der Waals surface area contributed by atoms with Crippen molar-refractivity contribution in [2.24, 2.45) is 5.92 Å². The molecule has 2 aliphatic rings. The first kappa shape index (κ1) is 9.95. The van der Waals surface area contributed by atoms with Gasteiger partial charge in [-0.2, -0.15) is 0 Å². The van der Waals surface area contributed by atoms with Gasteiger partial charge in [0, 0.05) is 6.42 Å². The molecule has 0 N–H and O–H groups in total. The van der Waals surface area contributed by atoms with Crippen molar-refractivity contribution >= 4 is 5.78 Å². The first-order valence-corrected chi connectivity index (χ1v) is 6.08. The molecule has 1 fully saturated rings. The van der Waals surface area contributed by atoms with Gasteiger partial charge in [0.15, 0.2) is 5.78 Å². The van der Waals surface area contributed by atoms with Crippen LogP contribution < -0.4 is 0 Å². The van der Waals surface area contributed by atoms with E-state index in [0.29, 0.717) is 11.7 Å². The number of hydrogen-bond acceptors (Lipinski definition) is 1. The zero-order valence-electron chi connectivity index (χ0n) is 8.93. The van der Waals surface area contributed by atoms with E-state index in [1.54, 1.807) is 0 Å². The van der Waals surface area contributed by atoms with Gasteiger partial charge in [0.1, 0.15) is 0 Å². The molecule has 14 heavy (non-hydrogen) atoms. The lowest BCUT2D eigenvalue weighted by Crippen LogP contribution is -2.10. The van der Waals surface area contributed by atoms with Crippen molar-refractivity contribution in [1.82, 2.24) is 0 Å². The molecule has 0 radical (unpaired) electrons. The lowest BCUT2D eigenvalue weighted by Gasteiger charge is -2.13. The number of Topliss-reactive ketones (excluding diaryl/α,β-unsaturated/α-hetero) is 1. The van der Waals surface area contributed by atoms with E-state index in [4.69, 9.17) is 0 Å². The van der Waals surface area contributed by atoms with Gasteiger partial charge in [-0.25, -0.2) is 0 Å². The second kappa shape index (κ2) is 4.77. The molecule has 0 amide bonds. The van der Waals surface area contributed by atoms with E-state index >= 15 is 0 Å². The second-order valence-electron chi connectivity index (χ2n) is 4.75. The minimum Gasteiger partial charge on any atom is -0.295 e. The van der Waals surface area contributed by atoms with Gasteiger partial charge in [0.05, 0.1) is 0 Å². The maximum absolute atomic E-state index is 11.9. The van der Waals surface area contributed by atoms with Crippen molar-refractivity contribution < 1.29 is 4.79 Å². The molecule has 0 aromatic heterocycles. The summed E-state index contributed by atoms with van der Waals surface area (Å²) in [5.74, 6) is 1.17. The highest BCUT2D eigenvalue weighted by Gasteiger charge is 2.20. The fourth-order valence-electron chi connectivity index (χ4n) is 2.70. The van der Waals surface area contributed by atoms with Crippen LogP contribution in [0.3, 0.4) is 0 Å². The molecule has 0 aliphatic heterocycles. The Kier molecular flexibility index (Phi) is 3.39. The van der Waals surface area contributed by atoms with Crippen molar-refractivity contribution in [1.29, 1.82) is 0 Å². The van der Waals surface area contributed by atoms with Crippen LogP contribution in [0.5, 0.6) is 0 Å². The summed E-state index contributed by atoms with van der Waals surface area (Å²) >= 11 is 0. The molecule has 0 unspecified atom stereocenters. The SMILES string of the molecule is O=C(CC1CCCC1)C1=CCCCC1. The van der Waals surface area contributed by atoms with E-state index in [0.717, 1.165) is 24.8 Å². The van der Waals surface area contributed by atoms with Crippen LogP contribution in [0.1, 0.15) is 57.8 Å². The fourth-order valence-corrected chi connectivity index (χ4v) is 2.70. The van der Waals surface area contributed by atoms with Crippen LogP contribution in [0.15, 0.2) is 11.6 Å². The van der Waals surface area contributed by atoms with Crippen LogP contribution in [0.25, 0.3) is 0 Å². The molecule has 0 atom stereocenters. The molecule has 0 spiro atoms. The summed E-state index contributed by atoms with van der Waals surface area (Å²) in [7, 11) is 0. The minimum absolute atomic E-state index is 0.455. The number of allylic oxidation sites excluding steroid dienone is 2. The van der Waals surface area contributed by atoms with Crippen molar-refractivity contribution in [2.75, 3.05) is 0 Å². The summed E-state index contributed by atoms with van der Waals surface area (Å²) in [4.78, 5) is 11.9. The van der Waals surface area contributed by atoms with Gasteiger partial charge in [-0.3, -0.25) is 4.79 Å². The van der Waals surface area contributed by atoms with E-state index < -0.39 is 0 Å². The number of rotatable bonds is 3. The molecule has 0 heterocycles. The third-order valence-corrected chi connectivity index (χ3v) is 3.60. The van der Waals surface area contributed by atoms with E-state index in [2.05, 4.69) is 6.08 Å². The molecule has 0 saturated heterocycles. The minimum atomic E-state index is 0.455. The Bertz CT molecular complexity index is 234. The zero-order chi connectivity index (χ0) is 9.80. The maximum Gasteiger partial charge on any atom is 0.158 e. The predicted octanol–water partition coefficient (Wildman–Crippen LogP) is 3.64. The fraction of sp³-hybridized carbons (Fsp3) is 0.769. The number of ketones is 1. The third kappa shape index (κ3) is 2.46. The molecule has 78 valence electrons. The first-order chi connectivity index (χ1) is 6.86.